The zero-order chi connectivity index (χ0) is 13.4. The number of carbonyl (C=O) groups is 1. The Morgan fingerprint density at radius 1 is 1.39 bits per heavy atom. The van der Waals surface area contributed by atoms with Gasteiger partial charge in [0.2, 0.25) is 0 Å². The highest BCUT2D eigenvalue weighted by atomic mass is 16.5. The van der Waals surface area contributed by atoms with Gasteiger partial charge in [-0.1, -0.05) is 17.3 Å². The van der Waals surface area contributed by atoms with Crippen LogP contribution in [0.5, 0.6) is 5.75 Å². The van der Waals surface area contributed by atoms with Gasteiger partial charge in [0, 0.05) is 6.42 Å². The van der Waals surface area contributed by atoms with Gasteiger partial charge in [-0.05, 0) is 30.5 Å². The monoisotopic (exact) mass is 251 g/mol. The van der Waals surface area contributed by atoms with Gasteiger partial charge in [-0.3, -0.25) is 0 Å². The number of benzene rings is 1. The van der Waals surface area contributed by atoms with Crippen LogP contribution in [-0.2, 0) is 16.0 Å². The third-order valence-corrected chi connectivity index (χ3v) is 2.55. The Morgan fingerprint density at radius 3 is 2.78 bits per heavy atom. The van der Waals surface area contributed by atoms with Crippen molar-refractivity contribution in [3.63, 3.8) is 0 Å². The van der Waals surface area contributed by atoms with E-state index in [-0.39, 0.29) is 5.71 Å². The lowest BCUT2D eigenvalue weighted by Gasteiger charge is -2.05. The molecule has 0 unspecified atom stereocenters. The number of esters is 1. The van der Waals surface area contributed by atoms with Crippen LogP contribution in [0.3, 0.4) is 0 Å². The fourth-order valence-electron chi connectivity index (χ4n) is 1.60. The average Bonchev–Trinajstić information content (AvgIpc) is 2.43. The first-order valence-corrected chi connectivity index (χ1v) is 5.63. The summed E-state index contributed by atoms with van der Waals surface area (Å²) in [5, 5.41) is 11.6. The number of ether oxygens (including phenoxy) is 2. The van der Waals surface area contributed by atoms with Gasteiger partial charge in [-0.25, -0.2) is 4.79 Å². The van der Waals surface area contributed by atoms with Gasteiger partial charge >= 0.3 is 5.97 Å². The van der Waals surface area contributed by atoms with Crippen molar-refractivity contribution in [1.82, 2.24) is 0 Å². The van der Waals surface area contributed by atoms with Crippen molar-refractivity contribution in [3.05, 3.63) is 29.8 Å². The summed E-state index contributed by atoms with van der Waals surface area (Å²) in [6, 6.07) is 7.71. The fourth-order valence-corrected chi connectivity index (χ4v) is 1.60. The molecule has 1 aromatic rings. The molecule has 5 heteroatoms. The first-order valence-electron chi connectivity index (χ1n) is 5.63. The van der Waals surface area contributed by atoms with E-state index in [0.29, 0.717) is 12.8 Å². The number of oxime groups is 1. The van der Waals surface area contributed by atoms with E-state index in [4.69, 9.17) is 9.94 Å². The predicted molar refractivity (Wildman–Crippen MR) is 67.2 cm³/mol. The SMILES string of the molecule is COC(=O)C(CCCc1cccc(OC)c1)=NO. The molecule has 0 heterocycles. The summed E-state index contributed by atoms with van der Waals surface area (Å²) in [6.07, 6.45) is 1.84. The first-order chi connectivity index (χ1) is 8.71. The molecule has 0 atom stereocenters. The van der Waals surface area contributed by atoms with E-state index in [0.717, 1.165) is 17.7 Å². The summed E-state index contributed by atoms with van der Waals surface area (Å²) in [6.45, 7) is 0. The van der Waals surface area contributed by atoms with Gasteiger partial charge in [0.25, 0.3) is 0 Å². The molecule has 0 saturated heterocycles. The lowest BCUT2D eigenvalue weighted by Crippen LogP contribution is -2.15. The molecule has 0 fully saturated rings. The molecule has 0 bridgehead atoms. The Hall–Kier alpha value is -2.04. The van der Waals surface area contributed by atoms with Crippen molar-refractivity contribution in [2.45, 2.75) is 19.3 Å². The highest BCUT2D eigenvalue weighted by Gasteiger charge is 2.11. The lowest BCUT2D eigenvalue weighted by atomic mass is 10.1. The number of hydrogen-bond donors (Lipinski definition) is 1. The van der Waals surface area contributed by atoms with Crippen LogP contribution < -0.4 is 4.74 Å². The van der Waals surface area contributed by atoms with Crippen molar-refractivity contribution in [1.29, 1.82) is 0 Å². The summed E-state index contributed by atoms with van der Waals surface area (Å²) < 4.78 is 9.61. The van der Waals surface area contributed by atoms with Crippen molar-refractivity contribution < 1.29 is 19.5 Å². The Bertz CT molecular complexity index is 429. The van der Waals surface area contributed by atoms with E-state index >= 15 is 0 Å². The zero-order valence-electron chi connectivity index (χ0n) is 10.5. The maximum atomic E-state index is 11.2. The maximum absolute atomic E-state index is 11.2. The molecule has 1 rings (SSSR count). The minimum atomic E-state index is -0.594. The quantitative estimate of drug-likeness (QED) is 0.363. The minimum Gasteiger partial charge on any atom is -0.497 e. The highest BCUT2D eigenvalue weighted by molar-refractivity contribution is 6.36. The Kier molecular flexibility index (Phi) is 5.70. The maximum Gasteiger partial charge on any atom is 0.355 e. The van der Waals surface area contributed by atoms with E-state index in [1.807, 2.05) is 24.3 Å². The van der Waals surface area contributed by atoms with E-state index in [1.165, 1.54) is 7.11 Å². The van der Waals surface area contributed by atoms with Crippen molar-refractivity contribution >= 4 is 11.7 Å². The standard InChI is InChI=1S/C13H17NO4/c1-17-11-7-3-5-10(9-11)6-4-8-12(14-16)13(15)18-2/h3,5,7,9,16H,4,6,8H2,1-2H3. The molecule has 5 nitrogen and oxygen atoms in total. The molecule has 98 valence electrons. The number of methoxy groups -OCH3 is 2. The number of nitrogens with zero attached hydrogens (tertiary/aromatic N) is 1. The Balaban J connectivity index is 2.48. The molecule has 1 aromatic carbocycles. The molecule has 0 aliphatic carbocycles. The van der Waals surface area contributed by atoms with Crippen LogP contribution >= 0.6 is 0 Å². The summed E-state index contributed by atoms with van der Waals surface area (Å²) >= 11 is 0. The number of hydrogen-bond acceptors (Lipinski definition) is 5. The third kappa shape index (κ3) is 4.08. The van der Waals surface area contributed by atoms with Gasteiger partial charge in [0.15, 0.2) is 5.71 Å². The summed E-state index contributed by atoms with van der Waals surface area (Å²) in [7, 11) is 2.88. The molecular weight excluding hydrogens is 234 g/mol. The molecule has 0 saturated carbocycles. The molecule has 18 heavy (non-hydrogen) atoms. The second-order valence-electron chi connectivity index (χ2n) is 3.74. The van der Waals surface area contributed by atoms with E-state index in [1.54, 1.807) is 7.11 Å². The molecule has 1 N–H and O–H groups in total. The summed E-state index contributed by atoms with van der Waals surface area (Å²) in [5.74, 6) is 0.208. The summed E-state index contributed by atoms with van der Waals surface area (Å²) in [4.78, 5) is 11.2. The molecule has 0 aliphatic heterocycles. The van der Waals surface area contributed by atoms with Crippen LogP contribution in [0.15, 0.2) is 29.4 Å². The van der Waals surface area contributed by atoms with Crippen LogP contribution in [0.1, 0.15) is 18.4 Å². The van der Waals surface area contributed by atoms with Gasteiger partial charge in [-0.2, -0.15) is 0 Å². The van der Waals surface area contributed by atoms with Gasteiger partial charge < -0.3 is 14.7 Å². The van der Waals surface area contributed by atoms with Crippen molar-refractivity contribution in [3.8, 4) is 5.75 Å². The molecule has 0 amide bonds. The highest BCUT2D eigenvalue weighted by Crippen LogP contribution is 2.14. The third-order valence-electron chi connectivity index (χ3n) is 2.55. The second kappa shape index (κ2) is 7.32. The van der Waals surface area contributed by atoms with Gasteiger partial charge in [0.05, 0.1) is 14.2 Å². The molecule has 0 aliphatic rings. The molecular formula is C13H17NO4. The van der Waals surface area contributed by atoms with Crippen LogP contribution in [-0.4, -0.2) is 31.1 Å². The average molecular weight is 251 g/mol. The number of carbonyl (C=O) groups excluding carboxylic acids is 1. The second-order valence-corrected chi connectivity index (χ2v) is 3.74. The lowest BCUT2D eigenvalue weighted by molar-refractivity contribution is -0.133. The fraction of sp³-hybridized carbons (Fsp3) is 0.385. The number of rotatable bonds is 6. The van der Waals surface area contributed by atoms with Gasteiger partial charge in [-0.15, -0.1) is 0 Å². The van der Waals surface area contributed by atoms with Crippen LogP contribution in [0.25, 0.3) is 0 Å². The number of aryl methyl sites for hydroxylation is 1. The largest absolute Gasteiger partial charge is 0.497 e. The molecule has 0 radical (unpaired) electrons. The predicted octanol–water partition coefficient (Wildman–Crippen LogP) is 2.02. The van der Waals surface area contributed by atoms with Gasteiger partial charge in [0.1, 0.15) is 5.75 Å². The molecule has 0 aromatic heterocycles. The normalized spacial score (nSPS) is 11.1. The Labute approximate surface area is 106 Å². The minimum absolute atomic E-state index is 0.0420. The van der Waals surface area contributed by atoms with Crippen LogP contribution in [0, 0.1) is 0 Å². The van der Waals surface area contributed by atoms with E-state index in [2.05, 4.69) is 9.89 Å². The smallest absolute Gasteiger partial charge is 0.355 e. The zero-order valence-corrected chi connectivity index (χ0v) is 10.5. The van der Waals surface area contributed by atoms with Crippen LogP contribution in [0.2, 0.25) is 0 Å². The summed E-state index contributed by atoms with van der Waals surface area (Å²) in [5.41, 5.74) is 1.15. The Morgan fingerprint density at radius 2 is 2.17 bits per heavy atom. The van der Waals surface area contributed by atoms with Crippen molar-refractivity contribution in [2.75, 3.05) is 14.2 Å². The molecule has 0 spiro atoms. The van der Waals surface area contributed by atoms with E-state index in [9.17, 15) is 4.79 Å². The van der Waals surface area contributed by atoms with Crippen LogP contribution in [0.4, 0.5) is 0 Å². The first kappa shape index (κ1) is 14.0. The van der Waals surface area contributed by atoms with E-state index < -0.39 is 5.97 Å². The topological polar surface area (TPSA) is 68.1 Å². The van der Waals surface area contributed by atoms with Crippen molar-refractivity contribution in [2.24, 2.45) is 5.16 Å².